The Balaban J connectivity index is 1.98. The van der Waals surface area contributed by atoms with E-state index >= 15 is 0 Å². The fraction of sp³-hybridized carbons (Fsp3) is 0.632. The number of hydrogen-bond acceptors (Lipinski definition) is 3. The van der Waals surface area contributed by atoms with Crippen LogP contribution in [0.5, 0.6) is 5.75 Å². The van der Waals surface area contributed by atoms with E-state index in [1.165, 1.54) is 32.1 Å². The minimum absolute atomic E-state index is 0.262. The Morgan fingerprint density at radius 1 is 1.18 bits per heavy atom. The molecule has 1 aromatic carbocycles. The first kappa shape index (κ1) is 17.4. The summed E-state index contributed by atoms with van der Waals surface area (Å²) in [4.78, 5) is 12.5. The van der Waals surface area contributed by atoms with Crippen LogP contribution in [0.4, 0.5) is 0 Å². The van der Waals surface area contributed by atoms with Crippen molar-refractivity contribution in [2.75, 3.05) is 12.4 Å². The van der Waals surface area contributed by atoms with Gasteiger partial charge in [-0.2, -0.15) is 11.8 Å². The van der Waals surface area contributed by atoms with Crippen molar-refractivity contribution in [1.29, 1.82) is 0 Å². The van der Waals surface area contributed by atoms with E-state index in [-0.39, 0.29) is 5.78 Å². The molecule has 0 radical (unpaired) electrons. The lowest BCUT2D eigenvalue weighted by molar-refractivity contribution is 0.102. The Kier molecular flexibility index (Phi) is 6.81. The molecule has 0 aromatic heterocycles. The number of carbonyl (C=O) groups excluding carboxylic acids is 1. The number of thioether (sulfide) groups is 1. The molecule has 1 saturated carbocycles. The summed E-state index contributed by atoms with van der Waals surface area (Å²) in [5.41, 5.74) is 2.96. The summed E-state index contributed by atoms with van der Waals surface area (Å²) in [6.07, 6.45) is 7.57. The second-order valence-electron chi connectivity index (χ2n) is 6.28. The van der Waals surface area contributed by atoms with Crippen molar-refractivity contribution in [1.82, 2.24) is 0 Å². The maximum atomic E-state index is 12.5. The molecule has 3 heteroatoms. The van der Waals surface area contributed by atoms with E-state index in [2.05, 4.69) is 6.92 Å². The van der Waals surface area contributed by atoms with E-state index in [4.69, 9.17) is 4.74 Å². The molecule has 122 valence electrons. The molecule has 0 unspecified atom stereocenters. The number of Topliss-reactive ketones (excluding diaryl/α,β-unsaturated/α-hetero) is 1. The first-order valence-corrected chi connectivity index (χ1v) is 9.55. The van der Waals surface area contributed by atoms with Crippen LogP contribution in [0.3, 0.4) is 0 Å². The largest absolute Gasteiger partial charge is 0.493 e. The zero-order valence-corrected chi connectivity index (χ0v) is 14.9. The summed E-state index contributed by atoms with van der Waals surface area (Å²) in [7, 11) is 0. The maximum Gasteiger partial charge on any atom is 0.173 e. The number of hydrogen-bond donors (Lipinski definition) is 0. The lowest BCUT2D eigenvalue weighted by Gasteiger charge is -2.20. The Labute approximate surface area is 139 Å². The van der Waals surface area contributed by atoms with Crippen LogP contribution in [0.2, 0.25) is 0 Å². The van der Waals surface area contributed by atoms with Crippen LogP contribution in [-0.4, -0.2) is 23.4 Å². The van der Waals surface area contributed by atoms with Gasteiger partial charge in [0.15, 0.2) is 5.78 Å². The monoisotopic (exact) mass is 320 g/mol. The average molecular weight is 320 g/mol. The zero-order valence-electron chi connectivity index (χ0n) is 14.1. The summed E-state index contributed by atoms with van der Waals surface area (Å²) in [6, 6.07) is 4.02. The van der Waals surface area contributed by atoms with Gasteiger partial charge >= 0.3 is 0 Å². The predicted octanol–water partition coefficient (Wildman–Crippen LogP) is 5.34. The van der Waals surface area contributed by atoms with E-state index in [1.54, 1.807) is 0 Å². The second kappa shape index (κ2) is 8.61. The molecule has 2 nitrogen and oxygen atoms in total. The molecule has 2 rings (SSSR count). The molecule has 1 fully saturated rings. The highest BCUT2D eigenvalue weighted by Gasteiger charge is 2.17. The highest BCUT2D eigenvalue weighted by atomic mass is 32.2. The third-order valence-corrected chi connectivity index (χ3v) is 5.66. The average Bonchev–Trinajstić information content (AvgIpc) is 2.54. The fourth-order valence-electron chi connectivity index (χ4n) is 2.96. The van der Waals surface area contributed by atoms with Gasteiger partial charge in [0.2, 0.25) is 0 Å². The van der Waals surface area contributed by atoms with Gasteiger partial charge in [-0.05, 0) is 56.4 Å². The predicted molar refractivity (Wildman–Crippen MR) is 95.4 cm³/mol. The second-order valence-corrected chi connectivity index (χ2v) is 7.56. The summed E-state index contributed by atoms with van der Waals surface area (Å²) in [6.45, 7) is 6.86. The van der Waals surface area contributed by atoms with Gasteiger partial charge in [0.25, 0.3) is 0 Å². The smallest absolute Gasteiger partial charge is 0.173 e. The van der Waals surface area contributed by atoms with Crippen LogP contribution in [0.1, 0.15) is 66.9 Å². The Morgan fingerprint density at radius 2 is 1.91 bits per heavy atom. The van der Waals surface area contributed by atoms with Crippen LogP contribution in [0.15, 0.2) is 12.1 Å². The molecule has 1 aliphatic carbocycles. The van der Waals surface area contributed by atoms with Crippen molar-refractivity contribution in [2.24, 2.45) is 0 Å². The number of ether oxygens (including phenoxy) is 1. The minimum atomic E-state index is 0.262. The van der Waals surface area contributed by atoms with Crippen molar-refractivity contribution in [2.45, 2.75) is 64.5 Å². The zero-order chi connectivity index (χ0) is 15.9. The quantitative estimate of drug-likeness (QED) is 0.634. The molecular weight excluding hydrogens is 292 g/mol. The molecule has 0 bridgehead atoms. The Hall–Kier alpha value is -0.960. The van der Waals surface area contributed by atoms with E-state index in [1.807, 2.05) is 37.7 Å². The maximum absolute atomic E-state index is 12.5. The number of ketones is 1. The molecule has 0 N–H and O–H groups in total. The summed E-state index contributed by atoms with van der Waals surface area (Å²) in [5.74, 6) is 1.79. The van der Waals surface area contributed by atoms with Crippen molar-refractivity contribution < 1.29 is 9.53 Å². The third kappa shape index (κ3) is 4.77. The number of rotatable bonds is 7. The summed E-state index contributed by atoms with van der Waals surface area (Å²) >= 11 is 1.85. The topological polar surface area (TPSA) is 26.3 Å². The van der Waals surface area contributed by atoms with Gasteiger partial charge in [0, 0.05) is 10.8 Å². The number of aryl methyl sites for hydroxylation is 2. The van der Waals surface area contributed by atoms with Gasteiger partial charge in [-0.25, -0.2) is 0 Å². The molecule has 0 saturated heterocycles. The van der Waals surface area contributed by atoms with E-state index in [9.17, 15) is 4.79 Å². The van der Waals surface area contributed by atoms with Crippen LogP contribution in [0.25, 0.3) is 0 Å². The number of benzene rings is 1. The molecule has 0 aliphatic heterocycles. The van der Waals surface area contributed by atoms with E-state index in [0.29, 0.717) is 11.0 Å². The Bertz CT molecular complexity index is 504. The summed E-state index contributed by atoms with van der Waals surface area (Å²) < 4.78 is 5.74. The number of carbonyl (C=O) groups is 1. The molecule has 0 amide bonds. The summed E-state index contributed by atoms with van der Waals surface area (Å²) in [5, 5.41) is 0.686. The van der Waals surface area contributed by atoms with Gasteiger partial charge in [0.1, 0.15) is 5.75 Å². The van der Waals surface area contributed by atoms with Crippen molar-refractivity contribution >= 4 is 17.5 Å². The molecule has 0 heterocycles. The van der Waals surface area contributed by atoms with Gasteiger partial charge in [-0.15, -0.1) is 0 Å². The van der Waals surface area contributed by atoms with Crippen LogP contribution in [-0.2, 0) is 0 Å². The van der Waals surface area contributed by atoms with Gasteiger partial charge in [-0.1, -0.05) is 26.2 Å². The molecule has 22 heavy (non-hydrogen) atoms. The minimum Gasteiger partial charge on any atom is -0.493 e. The first-order valence-electron chi connectivity index (χ1n) is 8.50. The molecule has 1 aliphatic rings. The van der Waals surface area contributed by atoms with Gasteiger partial charge < -0.3 is 4.74 Å². The molecule has 0 spiro atoms. The van der Waals surface area contributed by atoms with Crippen molar-refractivity contribution in [3.8, 4) is 5.75 Å². The molecule has 1 aromatic rings. The van der Waals surface area contributed by atoms with E-state index in [0.717, 1.165) is 35.5 Å². The standard InChI is InChI=1S/C19H28O2S/c1-4-10-21-19-12-14(2)17(11-15(19)3)18(20)13-22-16-8-6-5-7-9-16/h11-12,16H,4-10,13H2,1-3H3. The van der Waals surface area contributed by atoms with Crippen LogP contribution in [0, 0.1) is 13.8 Å². The highest BCUT2D eigenvalue weighted by molar-refractivity contribution is 8.00. The lowest BCUT2D eigenvalue weighted by atomic mass is 10.0. The van der Waals surface area contributed by atoms with Crippen molar-refractivity contribution in [3.63, 3.8) is 0 Å². The fourth-order valence-corrected chi connectivity index (χ4v) is 4.17. The van der Waals surface area contributed by atoms with Crippen molar-refractivity contribution in [3.05, 3.63) is 28.8 Å². The van der Waals surface area contributed by atoms with Gasteiger partial charge in [-0.3, -0.25) is 4.79 Å². The Morgan fingerprint density at radius 3 is 2.59 bits per heavy atom. The van der Waals surface area contributed by atoms with Crippen LogP contribution < -0.4 is 4.74 Å². The first-order chi connectivity index (χ1) is 10.6. The highest BCUT2D eigenvalue weighted by Crippen LogP contribution is 2.30. The van der Waals surface area contributed by atoms with E-state index < -0.39 is 0 Å². The van der Waals surface area contributed by atoms with Gasteiger partial charge in [0.05, 0.1) is 12.4 Å². The normalized spacial score (nSPS) is 15.8. The lowest BCUT2D eigenvalue weighted by Crippen LogP contribution is -2.13. The third-order valence-electron chi connectivity index (χ3n) is 4.29. The molecular formula is C19H28O2S. The van der Waals surface area contributed by atoms with Crippen LogP contribution >= 0.6 is 11.8 Å². The SMILES string of the molecule is CCCOc1cc(C)c(C(=O)CSC2CCCCC2)cc1C. The molecule has 0 atom stereocenters.